The van der Waals surface area contributed by atoms with Crippen LogP contribution in [0.1, 0.15) is 29.4 Å². The van der Waals surface area contributed by atoms with Crippen molar-refractivity contribution in [1.82, 2.24) is 9.78 Å². The summed E-state index contributed by atoms with van der Waals surface area (Å²) >= 11 is 0. The zero-order valence-corrected chi connectivity index (χ0v) is 15.2. The van der Waals surface area contributed by atoms with Gasteiger partial charge in [0.2, 0.25) is 0 Å². The monoisotopic (exact) mass is 365 g/mol. The summed E-state index contributed by atoms with van der Waals surface area (Å²) in [5.74, 6) is 1.15. The molecule has 0 radical (unpaired) electrons. The van der Waals surface area contributed by atoms with E-state index in [1.807, 2.05) is 24.3 Å². The van der Waals surface area contributed by atoms with E-state index in [0.29, 0.717) is 23.6 Å². The van der Waals surface area contributed by atoms with E-state index in [0.717, 1.165) is 23.5 Å². The number of ether oxygens (including phenoxy) is 1. The Morgan fingerprint density at radius 3 is 2.63 bits per heavy atom. The highest BCUT2D eigenvalue weighted by Gasteiger charge is 2.31. The molecule has 1 heterocycles. The summed E-state index contributed by atoms with van der Waals surface area (Å²) in [5.41, 5.74) is 2.91. The van der Waals surface area contributed by atoms with E-state index in [2.05, 4.69) is 17.3 Å². The zero-order chi connectivity index (χ0) is 19.0. The van der Waals surface area contributed by atoms with Crippen molar-refractivity contribution in [3.63, 3.8) is 0 Å². The Kier molecular flexibility index (Phi) is 4.39. The van der Waals surface area contributed by atoms with Gasteiger partial charge >= 0.3 is 0 Å². The number of anilines is 2. The van der Waals surface area contributed by atoms with Gasteiger partial charge in [-0.25, -0.2) is 9.07 Å². The number of rotatable bonds is 4. The second kappa shape index (κ2) is 6.87. The molecular formula is C21H20FN3O2. The average molecular weight is 365 g/mol. The molecule has 1 aromatic heterocycles. The molecule has 138 valence electrons. The summed E-state index contributed by atoms with van der Waals surface area (Å²) in [6.07, 6.45) is 1.22. The van der Waals surface area contributed by atoms with Crippen LogP contribution in [-0.2, 0) is 6.42 Å². The minimum atomic E-state index is -0.309. The lowest BCUT2D eigenvalue weighted by atomic mass is 9.87. The number of methoxy groups -OCH3 is 1. The van der Waals surface area contributed by atoms with Crippen molar-refractivity contribution in [2.24, 2.45) is 5.92 Å². The molecule has 0 saturated carbocycles. The number of halogens is 1. The largest absolute Gasteiger partial charge is 0.495 e. The Labute approximate surface area is 156 Å². The smallest absolute Gasteiger partial charge is 0.168 e. The van der Waals surface area contributed by atoms with Crippen LogP contribution in [-0.4, -0.2) is 22.7 Å². The fourth-order valence-corrected chi connectivity index (χ4v) is 3.51. The van der Waals surface area contributed by atoms with Crippen molar-refractivity contribution in [1.29, 1.82) is 0 Å². The molecule has 2 aromatic carbocycles. The van der Waals surface area contributed by atoms with Gasteiger partial charge in [0.25, 0.3) is 0 Å². The van der Waals surface area contributed by atoms with Gasteiger partial charge in [0.1, 0.15) is 11.6 Å². The van der Waals surface area contributed by atoms with Gasteiger partial charge in [-0.15, -0.1) is 5.10 Å². The zero-order valence-electron chi connectivity index (χ0n) is 15.2. The summed E-state index contributed by atoms with van der Waals surface area (Å²) in [7, 11) is 1.60. The van der Waals surface area contributed by atoms with Crippen LogP contribution < -0.4 is 10.1 Å². The van der Waals surface area contributed by atoms with Gasteiger partial charge in [0.05, 0.1) is 29.7 Å². The maximum absolute atomic E-state index is 13.3. The van der Waals surface area contributed by atoms with E-state index in [9.17, 15) is 9.18 Å². The predicted molar refractivity (Wildman–Crippen MR) is 102 cm³/mol. The third-order valence-corrected chi connectivity index (χ3v) is 4.77. The summed E-state index contributed by atoms with van der Waals surface area (Å²) in [5, 5.41) is 7.90. The number of fused-ring (bicyclic) bond motifs is 1. The van der Waals surface area contributed by atoms with Crippen LogP contribution in [0, 0.1) is 11.7 Å². The fraction of sp³-hybridized carbons (Fsp3) is 0.238. The summed E-state index contributed by atoms with van der Waals surface area (Å²) in [6.45, 7) is 2.05. The van der Waals surface area contributed by atoms with Crippen LogP contribution >= 0.6 is 0 Å². The molecule has 0 amide bonds. The maximum Gasteiger partial charge on any atom is 0.168 e. The number of ketones is 1. The van der Waals surface area contributed by atoms with E-state index >= 15 is 0 Å². The number of benzene rings is 2. The van der Waals surface area contributed by atoms with Gasteiger partial charge in [0, 0.05) is 6.42 Å². The number of hydrogen-bond donors (Lipinski definition) is 1. The molecule has 1 unspecified atom stereocenters. The third kappa shape index (κ3) is 3.18. The molecule has 0 fully saturated rings. The molecule has 6 heteroatoms. The molecule has 0 saturated heterocycles. The van der Waals surface area contributed by atoms with Crippen LogP contribution in [0.15, 0.2) is 48.5 Å². The lowest BCUT2D eigenvalue weighted by Gasteiger charge is -2.19. The minimum Gasteiger partial charge on any atom is -0.495 e. The number of hydrogen-bond acceptors (Lipinski definition) is 4. The standard InChI is InChI=1S/C21H20FN3O2/c1-13-11-17-20(18(26)12-13)21(23-16-5-3-4-6-19(16)27-2)24-25(17)15-9-7-14(22)8-10-15/h3-10,13H,11-12H2,1-2H3,(H,23,24). The number of para-hydroxylation sites is 2. The molecule has 1 atom stereocenters. The first-order valence-electron chi connectivity index (χ1n) is 8.88. The molecular weight excluding hydrogens is 345 g/mol. The Morgan fingerprint density at radius 1 is 1.15 bits per heavy atom. The summed E-state index contributed by atoms with van der Waals surface area (Å²) in [6, 6.07) is 13.6. The number of carbonyl (C=O) groups excluding carboxylic acids is 1. The van der Waals surface area contributed by atoms with Crippen LogP contribution in [0.4, 0.5) is 15.9 Å². The first-order chi connectivity index (χ1) is 13.1. The number of aromatic nitrogens is 2. The Bertz CT molecular complexity index is 995. The first kappa shape index (κ1) is 17.3. The van der Waals surface area contributed by atoms with Gasteiger partial charge in [-0.1, -0.05) is 19.1 Å². The number of carbonyl (C=O) groups is 1. The predicted octanol–water partition coefficient (Wildman–Crippen LogP) is 4.53. The highest BCUT2D eigenvalue weighted by atomic mass is 19.1. The van der Waals surface area contributed by atoms with Gasteiger partial charge in [-0.05, 0) is 48.7 Å². The van der Waals surface area contributed by atoms with E-state index in [1.165, 1.54) is 12.1 Å². The van der Waals surface area contributed by atoms with Crippen LogP contribution in [0.2, 0.25) is 0 Å². The lowest BCUT2D eigenvalue weighted by Crippen LogP contribution is -2.19. The fourth-order valence-electron chi connectivity index (χ4n) is 3.51. The van der Waals surface area contributed by atoms with Crippen LogP contribution in [0.3, 0.4) is 0 Å². The van der Waals surface area contributed by atoms with Gasteiger partial charge in [-0.2, -0.15) is 0 Å². The van der Waals surface area contributed by atoms with Gasteiger partial charge in [0.15, 0.2) is 11.6 Å². The van der Waals surface area contributed by atoms with Crippen molar-refractivity contribution in [2.75, 3.05) is 12.4 Å². The van der Waals surface area contributed by atoms with E-state index in [4.69, 9.17) is 4.74 Å². The molecule has 27 heavy (non-hydrogen) atoms. The van der Waals surface area contributed by atoms with E-state index < -0.39 is 0 Å². The van der Waals surface area contributed by atoms with Crippen molar-refractivity contribution >= 4 is 17.3 Å². The van der Waals surface area contributed by atoms with E-state index in [1.54, 1.807) is 23.9 Å². The molecule has 0 aliphatic heterocycles. The summed E-state index contributed by atoms with van der Waals surface area (Å²) in [4.78, 5) is 12.8. The second-order valence-corrected chi connectivity index (χ2v) is 6.82. The summed E-state index contributed by atoms with van der Waals surface area (Å²) < 4.78 is 20.5. The highest BCUT2D eigenvalue weighted by Crippen LogP contribution is 2.35. The normalized spacial score (nSPS) is 16.1. The molecule has 0 bridgehead atoms. The minimum absolute atomic E-state index is 0.0644. The van der Waals surface area contributed by atoms with Crippen molar-refractivity contribution in [3.05, 3.63) is 65.6 Å². The molecule has 1 aliphatic carbocycles. The molecule has 4 rings (SSSR count). The number of nitrogens with one attached hydrogen (secondary N) is 1. The Hall–Kier alpha value is -3.15. The molecule has 3 aromatic rings. The number of Topliss-reactive ketones (excluding diaryl/α,β-unsaturated/α-hetero) is 1. The van der Waals surface area contributed by atoms with Crippen molar-refractivity contribution < 1.29 is 13.9 Å². The quantitative estimate of drug-likeness (QED) is 0.738. The molecule has 0 spiro atoms. The molecule has 1 N–H and O–H groups in total. The molecule has 5 nitrogen and oxygen atoms in total. The Balaban J connectivity index is 1.84. The second-order valence-electron chi connectivity index (χ2n) is 6.82. The SMILES string of the molecule is COc1ccccc1Nc1nn(-c2ccc(F)cc2)c2c1C(=O)CC(C)C2. The molecule has 1 aliphatic rings. The maximum atomic E-state index is 13.3. The highest BCUT2D eigenvalue weighted by molar-refractivity contribution is 6.03. The third-order valence-electron chi connectivity index (χ3n) is 4.77. The number of nitrogens with zero attached hydrogens (tertiary/aromatic N) is 2. The van der Waals surface area contributed by atoms with Gasteiger partial charge in [-0.3, -0.25) is 4.79 Å². The van der Waals surface area contributed by atoms with Crippen molar-refractivity contribution in [3.8, 4) is 11.4 Å². The lowest BCUT2D eigenvalue weighted by molar-refractivity contribution is 0.0953. The van der Waals surface area contributed by atoms with Crippen molar-refractivity contribution in [2.45, 2.75) is 19.8 Å². The average Bonchev–Trinajstić information content (AvgIpc) is 3.01. The Morgan fingerprint density at radius 2 is 1.89 bits per heavy atom. The van der Waals surface area contributed by atoms with Gasteiger partial charge < -0.3 is 10.1 Å². The van der Waals surface area contributed by atoms with Crippen LogP contribution in [0.5, 0.6) is 5.75 Å². The first-order valence-corrected chi connectivity index (χ1v) is 8.88. The van der Waals surface area contributed by atoms with E-state index in [-0.39, 0.29) is 17.5 Å². The topological polar surface area (TPSA) is 56.1 Å². The van der Waals surface area contributed by atoms with Crippen LogP contribution in [0.25, 0.3) is 5.69 Å².